The van der Waals surface area contributed by atoms with Gasteiger partial charge in [0.25, 0.3) is 0 Å². The van der Waals surface area contributed by atoms with Crippen molar-refractivity contribution in [2.45, 2.75) is 32.2 Å². The van der Waals surface area contributed by atoms with Gasteiger partial charge in [0.15, 0.2) is 11.4 Å². The van der Waals surface area contributed by atoms with E-state index in [9.17, 15) is 0 Å². The number of hydrogen-bond acceptors (Lipinski definition) is 3. The van der Waals surface area contributed by atoms with E-state index in [0.29, 0.717) is 4.99 Å². The van der Waals surface area contributed by atoms with Gasteiger partial charge >= 0.3 is 0 Å². The highest BCUT2D eigenvalue weighted by Crippen LogP contribution is 2.50. The van der Waals surface area contributed by atoms with Crippen molar-refractivity contribution in [1.82, 2.24) is 14.6 Å². The van der Waals surface area contributed by atoms with Gasteiger partial charge in [-0.25, -0.2) is 4.98 Å². The van der Waals surface area contributed by atoms with Crippen LogP contribution in [0.5, 0.6) is 0 Å². The lowest BCUT2D eigenvalue weighted by Crippen LogP contribution is -2.28. The second-order valence-corrected chi connectivity index (χ2v) is 10.6. The molecule has 1 aromatic heterocycles. The van der Waals surface area contributed by atoms with Gasteiger partial charge in [-0.05, 0) is 24.6 Å². The molecule has 3 heterocycles. The Morgan fingerprint density at radius 1 is 1.29 bits per heavy atom. The Hall–Kier alpha value is -0.100. The van der Waals surface area contributed by atoms with Gasteiger partial charge in [-0.1, -0.05) is 18.6 Å². The number of aryl methyl sites for hydroxylation is 1. The lowest BCUT2D eigenvalue weighted by molar-refractivity contribution is 0.631. The van der Waals surface area contributed by atoms with E-state index in [4.69, 9.17) is 24.0 Å². The summed E-state index contributed by atoms with van der Waals surface area (Å²) in [5, 5.41) is 6.32. The zero-order valence-corrected chi connectivity index (χ0v) is 12.6. The third kappa shape index (κ3) is 2.14. The van der Waals surface area contributed by atoms with Crippen LogP contribution in [0.3, 0.4) is 0 Å². The molecule has 0 aromatic carbocycles. The zero-order valence-electron chi connectivity index (χ0n) is 9.14. The number of aromatic nitrogens is 2. The van der Waals surface area contributed by atoms with Gasteiger partial charge in [0.2, 0.25) is 0 Å². The molecule has 0 saturated heterocycles. The van der Waals surface area contributed by atoms with E-state index >= 15 is 0 Å². The molecule has 2 aliphatic rings. The summed E-state index contributed by atoms with van der Waals surface area (Å²) in [6, 6.07) is 0. The molecule has 0 fully saturated rings. The summed E-state index contributed by atoms with van der Waals surface area (Å²) in [6.07, 6.45) is 4.67. The third-order valence-electron chi connectivity index (χ3n) is 3.05. The molecule has 2 N–H and O–H groups in total. The molecule has 0 spiro atoms. The zero-order chi connectivity index (χ0) is 12.0. The molecule has 92 valence electrons. The van der Waals surface area contributed by atoms with Crippen LogP contribution in [0.1, 0.15) is 30.8 Å². The average molecular weight is 304 g/mol. The second-order valence-electron chi connectivity index (χ2n) is 4.32. The summed E-state index contributed by atoms with van der Waals surface area (Å²) in [5.74, 6) is 1.94. The molecule has 1 atom stereocenters. The van der Waals surface area contributed by atoms with E-state index < -0.39 is 5.54 Å². The molecule has 0 amide bonds. The van der Waals surface area contributed by atoms with Gasteiger partial charge in [0.05, 0.1) is 0 Å². The molecule has 1 aromatic rings. The highest BCUT2D eigenvalue weighted by molar-refractivity contribution is 8.63. The van der Waals surface area contributed by atoms with Crippen molar-refractivity contribution in [2.24, 2.45) is 0 Å². The third-order valence-corrected chi connectivity index (χ3v) is 5.69. The van der Waals surface area contributed by atoms with Crippen LogP contribution in [0.25, 0.3) is 0 Å². The Balaban J connectivity index is 2.12. The number of fused-ring (bicyclic) bond motifs is 3. The molecular weight excluding hydrogens is 291 g/mol. The molecule has 2 aliphatic heterocycles. The summed E-state index contributed by atoms with van der Waals surface area (Å²) >= 11 is 15.1. The molecule has 0 bridgehead atoms. The normalized spacial score (nSPS) is 27.5. The minimum absolute atomic E-state index is 0.692. The molecule has 0 saturated carbocycles. The largest absolute Gasteiger partial charge is 0.324 e. The minimum Gasteiger partial charge on any atom is -0.324 e. The van der Waals surface area contributed by atoms with Gasteiger partial charge in [-0.15, -0.1) is 12.2 Å². The quantitative estimate of drug-likeness (QED) is 0.390. The molecule has 17 heavy (non-hydrogen) atoms. The molecule has 4 nitrogen and oxygen atoms in total. The predicted molar refractivity (Wildman–Crippen MR) is 81.5 cm³/mol. The van der Waals surface area contributed by atoms with Crippen molar-refractivity contribution < 1.29 is 0 Å². The highest BCUT2D eigenvalue weighted by atomic mass is 32.9. The minimum atomic E-state index is -2.08. The maximum Gasteiger partial charge on any atom is 0.173 e. The lowest BCUT2D eigenvalue weighted by Gasteiger charge is -2.26. The van der Waals surface area contributed by atoms with Crippen molar-refractivity contribution in [2.75, 3.05) is 5.09 Å². The van der Waals surface area contributed by atoms with E-state index in [1.165, 1.54) is 19.3 Å². The van der Waals surface area contributed by atoms with Gasteiger partial charge in [0, 0.05) is 13.0 Å². The number of imidazole rings is 1. The number of rotatable bonds is 0. The molecule has 8 heteroatoms. The highest BCUT2D eigenvalue weighted by Gasteiger charge is 2.30. The smallest absolute Gasteiger partial charge is 0.173 e. The summed E-state index contributed by atoms with van der Waals surface area (Å²) < 4.78 is 2.23. The van der Waals surface area contributed by atoms with Gasteiger partial charge in [-0.3, -0.25) is 0 Å². The second kappa shape index (κ2) is 4.23. The molecular formula is C9H13N4PS3. The van der Waals surface area contributed by atoms with Crippen LogP contribution in [-0.2, 0) is 24.8 Å². The van der Waals surface area contributed by atoms with Crippen LogP contribution >= 0.6 is 30.0 Å². The fourth-order valence-electron chi connectivity index (χ4n) is 2.33. The van der Waals surface area contributed by atoms with E-state index in [1.54, 1.807) is 0 Å². The van der Waals surface area contributed by atoms with Gasteiger partial charge in [0.1, 0.15) is 16.5 Å². The molecule has 0 aliphatic carbocycles. The van der Waals surface area contributed by atoms with E-state index in [0.717, 1.165) is 30.3 Å². The number of thiocarbonyl (C=S) groups is 1. The maximum atomic E-state index is 5.39. The van der Waals surface area contributed by atoms with Gasteiger partial charge in [-0.2, -0.15) is 0 Å². The summed E-state index contributed by atoms with van der Waals surface area (Å²) in [4.78, 5) is 5.33. The van der Waals surface area contributed by atoms with Crippen LogP contribution in [0.2, 0.25) is 0 Å². The molecule has 3 rings (SSSR count). The van der Waals surface area contributed by atoms with Crippen LogP contribution in [0.4, 0.5) is 5.82 Å². The Morgan fingerprint density at radius 3 is 2.94 bits per heavy atom. The van der Waals surface area contributed by atoms with Crippen molar-refractivity contribution in [1.29, 1.82) is 0 Å². The maximum absolute atomic E-state index is 5.39. The van der Waals surface area contributed by atoms with Crippen LogP contribution in [-0.4, -0.2) is 14.5 Å². The first-order chi connectivity index (χ1) is 8.07. The Kier molecular flexibility index (Phi) is 2.97. The van der Waals surface area contributed by atoms with E-state index in [1.807, 2.05) is 0 Å². The first-order valence-corrected chi connectivity index (χ1v) is 9.96. The van der Waals surface area contributed by atoms with Crippen molar-refractivity contribution in [3.63, 3.8) is 0 Å². The number of nitrogens with one attached hydrogen (secondary N) is 2. The number of hydrogen-bond donors (Lipinski definition) is 3. The lowest BCUT2D eigenvalue weighted by atomic mass is 10.2. The van der Waals surface area contributed by atoms with Crippen LogP contribution in [0, 0.1) is 0 Å². The fraction of sp³-hybridized carbons (Fsp3) is 0.556. The average Bonchev–Trinajstić information content (AvgIpc) is 2.41. The summed E-state index contributed by atoms with van der Waals surface area (Å²) in [6.45, 7) is 0.997. The monoisotopic (exact) mass is 304 g/mol. The van der Waals surface area contributed by atoms with Crippen LogP contribution in [0.15, 0.2) is 0 Å². The summed E-state index contributed by atoms with van der Waals surface area (Å²) in [7, 11) is 0. The predicted octanol–water partition coefficient (Wildman–Crippen LogP) is 2.45. The molecule has 0 radical (unpaired) electrons. The number of nitrogens with zero attached hydrogens (tertiary/aromatic N) is 2. The molecule has 1 unspecified atom stereocenters. The van der Waals surface area contributed by atoms with E-state index in [2.05, 4.69) is 32.0 Å². The Labute approximate surface area is 116 Å². The van der Waals surface area contributed by atoms with E-state index in [-0.39, 0.29) is 0 Å². The van der Waals surface area contributed by atoms with Crippen molar-refractivity contribution in [3.8, 4) is 0 Å². The number of thiol groups is 1. The van der Waals surface area contributed by atoms with Crippen molar-refractivity contribution >= 4 is 52.6 Å². The standard InChI is InChI=1S/C9H13N4PS3/c15-9-7-8(11-14(16,17)12-9)10-6-4-2-1-3-5-13(6)7/h1-5H2,(H3,11,12,15,16,17). The Bertz CT molecular complexity index is 539. The first kappa shape index (κ1) is 12.0. The number of anilines is 1. The topological polar surface area (TPSA) is 41.9 Å². The Morgan fingerprint density at radius 2 is 2.12 bits per heavy atom. The van der Waals surface area contributed by atoms with Crippen molar-refractivity contribution in [3.05, 3.63) is 11.5 Å². The van der Waals surface area contributed by atoms with Gasteiger partial charge < -0.3 is 14.7 Å². The SMILES string of the molecule is S=C1NP(=S)(S)Nc2nc3n(c21)CCCCC3. The van der Waals surface area contributed by atoms with Crippen LogP contribution < -0.4 is 10.2 Å². The first-order valence-electron chi connectivity index (χ1n) is 5.60. The fourth-order valence-corrected chi connectivity index (χ4v) is 5.32. The summed E-state index contributed by atoms with van der Waals surface area (Å²) in [5.41, 5.74) is -1.09.